The van der Waals surface area contributed by atoms with E-state index in [9.17, 15) is 4.79 Å². The quantitative estimate of drug-likeness (QED) is 0.797. The molecule has 1 aromatic rings. The number of nitrogens with two attached hydrogens (primary N) is 1. The van der Waals surface area contributed by atoms with Crippen LogP contribution in [0.1, 0.15) is 25.8 Å². The number of nitrogens with zero attached hydrogens (tertiary/aromatic N) is 1. The number of nitrogens with one attached hydrogen (secondary N) is 1. The van der Waals surface area contributed by atoms with Gasteiger partial charge in [0.2, 0.25) is 5.91 Å². The van der Waals surface area contributed by atoms with E-state index in [2.05, 4.69) is 10.3 Å². The van der Waals surface area contributed by atoms with Gasteiger partial charge in [0.05, 0.1) is 5.69 Å². The summed E-state index contributed by atoms with van der Waals surface area (Å²) >= 11 is 5.89. The third-order valence-electron chi connectivity index (χ3n) is 1.99. The maximum absolute atomic E-state index is 11.7. The van der Waals surface area contributed by atoms with Crippen LogP contribution in [-0.4, -0.2) is 16.4 Å². The molecular weight excluding hydrogens is 226 g/mol. The largest absolute Gasteiger partial charge is 0.325 e. The van der Waals surface area contributed by atoms with E-state index in [0.717, 1.165) is 5.56 Å². The number of anilines is 1. The van der Waals surface area contributed by atoms with Crippen LogP contribution in [0.3, 0.4) is 0 Å². The Hall–Kier alpha value is -1.13. The van der Waals surface area contributed by atoms with Gasteiger partial charge in [0, 0.05) is 18.2 Å². The summed E-state index contributed by atoms with van der Waals surface area (Å²) in [5.74, 6) is -0.162. The predicted octanol–water partition coefficient (Wildman–Crippen LogP) is 2.11. The van der Waals surface area contributed by atoms with Crippen molar-refractivity contribution < 1.29 is 4.79 Å². The van der Waals surface area contributed by atoms with Crippen LogP contribution in [0, 0.1) is 6.92 Å². The van der Waals surface area contributed by atoms with Gasteiger partial charge >= 0.3 is 0 Å². The molecule has 0 atom stereocenters. The molecule has 4 nitrogen and oxygen atoms in total. The molecule has 0 aliphatic rings. The van der Waals surface area contributed by atoms with E-state index in [-0.39, 0.29) is 12.3 Å². The van der Waals surface area contributed by atoms with E-state index in [1.165, 1.54) is 0 Å². The monoisotopic (exact) mass is 241 g/mol. The van der Waals surface area contributed by atoms with Crippen LogP contribution < -0.4 is 11.1 Å². The van der Waals surface area contributed by atoms with Gasteiger partial charge in [-0.1, -0.05) is 11.6 Å². The molecule has 0 radical (unpaired) electrons. The molecule has 88 valence electrons. The second kappa shape index (κ2) is 4.80. The van der Waals surface area contributed by atoms with E-state index in [1.807, 2.05) is 6.92 Å². The summed E-state index contributed by atoms with van der Waals surface area (Å²) in [5.41, 5.74) is 6.65. The highest BCUT2D eigenvalue weighted by Gasteiger charge is 2.17. The highest BCUT2D eigenvalue weighted by molar-refractivity contribution is 6.32. The highest BCUT2D eigenvalue weighted by atomic mass is 35.5. The molecule has 0 unspecified atom stereocenters. The van der Waals surface area contributed by atoms with Gasteiger partial charge in [0.25, 0.3) is 0 Å². The zero-order valence-electron chi connectivity index (χ0n) is 9.67. The average Bonchev–Trinajstić information content (AvgIpc) is 2.08. The van der Waals surface area contributed by atoms with Crippen molar-refractivity contribution in [3.63, 3.8) is 0 Å². The Balaban J connectivity index is 2.78. The fraction of sp³-hybridized carbons (Fsp3) is 0.455. The van der Waals surface area contributed by atoms with Gasteiger partial charge in [-0.3, -0.25) is 4.79 Å². The van der Waals surface area contributed by atoms with Crippen LogP contribution in [-0.2, 0) is 4.79 Å². The molecule has 1 aromatic heterocycles. The minimum absolute atomic E-state index is 0.162. The summed E-state index contributed by atoms with van der Waals surface area (Å²) in [6, 6.07) is 1.79. The fourth-order valence-corrected chi connectivity index (χ4v) is 1.53. The Morgan fingerprint density at radius 1 is 1.62 bits per heavy atom. The molecule has 1 rings (SSSR count). The maximum atomic E-state index is 11.7. The summed E-state index contributed by atoms with van der Waals surface area (Å²) in [4.78, 5) is 15.6. The summed E-state index contributed by atoms with van der Waals surface area (Å²) in [6.45, 7) is 5.45. The summed E-state index contributed by atoms with van der Waals surface area (Å²) in [7, 11) is 0. The number of halogens is 1. The van der Waals surface area contributed by atoms with E-state index < -0.39 is 5.54 Å². The Kier molecular flexibility index (Phi) is 3.88. The minimum Gasteiger partial charge on any atom is -0.325 e. The molecule has 1 amide bonds. The van der Waals surface area contributed by atoms with E-state index in [4.69, 9.17) is 17.3 Å². The van der Waals surface area contributed by atoms with E-state index in [1.54, 1.807) is 26.1 Å². The van der Waals surface area contributed by atoms with Gasteiger partial charge in [-0.25, -0.2) is 4.98 Å². The molecule has 3 N–H and O–H groups in total. The summed E-state index contributed by atoms with van der Waals surface area (Å²) in [5, 5.41) is 3.02. The number of carbonyl (C=O) groups excluding carboxylic acids is 1. The topological polar surface area (TPSA) is 68.0 Å². The molecule has 1 heterocycles. The zero-order valence-corrected chi connectivity index (χ0v) is 10.4. The molecule has 0 saturated heterocycles. The Morgan fingerprint density at radius 2 is 2.25 bits per heavy atom. The lowest BCUT2D eigenvalue weighted by atomic mass is 10.0. The van der Waals surface area contributed by atoms with E-state index >= 15 is 0 Å². The molecule has 0 aliphatic carbocycles. The Bertz CT molecular complexity index is 378. The smallest absolute Gasteiger partial charge is 0.226 e. The Labute approximate surface area is 100 Å². The fourth-order valence-electron chi connectivity index (χ4n) is 1.27. The highest BCUT2D eigenvalue weighted by Crippen LogP contribution is 2.23. The zero-order chi connectivity index (χ0) is 12.3. The van der Waals surface area contributed by atoms with Crippen molar-refractivity contribution in [2.24, 2.45) is 5.73 Å². The van der Waals surface area contributed by atoms with Crippen LogP contribution >= 0.6 is 11.6 Å². The predicted molar refractivity (Wildman–Crippen MR) is 65.5 cm³/mol. The van der Waals surface area contributed by atoms with Crippen LogP contribution in [0.2, 0.25) is 5.15 Å². The first-order valence-electron chi connectivity index (χ1n) is 4.99. The molecule has 0 aromatic carbocycles. The van der Waals surface area contributed by atoms with E-state index in [0.29, 0.717) is 10.8 Å². The van der Waals surface area contributed by atoms with Gasteiger partial charge in [-0.2, -0.15) is 0 Å². The number of pyridine rings is 1. The average molecular weight is 242 g/mol. The van der Waals surface area contributed by atoms with Gasteiger partial charge in [-0.15, -0.1) is 0 Å². The van der Waals surface area contributed by atoms with Crippen molar-refractivity contribution in [1.29, 1.82) is 0 Å². The number of amides is 1. The molecule has 0 fully saturated rings. The number of hydrogen-bond donors (Lipinski definition) is 2. The van der Waals surface area contributed by atoms with Gasteiger partial charge < -0.3 is 11.1 Å². The van der Waals surface area contributed by atoms with Crippen LogP contribution in [0.15, 0.2) is 12.3 Å². The minimum atomic E-state index is -0.535. The first kappa shape index (κ1) is 12.9. The number of aryl methyl sites for hydroxylation is 1. The standard InChI is InChI=1S/C11H16ClN3O/c1-7-4-5-14-10(12)9(7)15-8(16)6-11(2,3)13/h4-5H,6,13H2,1-3H3,(H,15,16). The second-order valence-electron chi connectivity index (χ2n) is 4.51. The van der Waals surface area contributed by atoms with Gasteiger partial charge in [0.1, 0.15) is 0 Å². The summed E-state index contributed by atoms with van der Waals surface area (Å²) < 4.78 is 0. The molecule has 16 heavy (non-hydrogen) atoms. The van der Waals surface area contributed by atoms with Crippen LogP contribution in [0.25, 0.3) is 0 Å². The summed E-state index contributed by atoms with van der Waals surface area (Å²) in [6.07, 6.45) is 1.83. The number of carbonyl (C=O) groups is 1. The van der Waals surface area contributed by atoms with Crippen LogP contribution in [0.4, 0.5) is 5.69 Å². The third kappa shape index (κ3) is 3.79. The maximum Gasteiger partial charge on any atom is 0.226 e. The van der Waals surface area contributed by atoms with Crippen molar-refractivity contribution in [3.8, 4) is 0 Å². The lowest BCUT2D eigenvalue weighted by Crippen LogP contribution is -2.36. The molecular formula is C11H16ClN3O. The first-order chi connectivity index (χ1) is 7.29. The normalized spacial score (nSPS) is 11.3. The first-order valence-corrected chi connectivity index (χ1v) is 5.37. The molecule has 5 heteroatoms. The van der Waals surface area contributed by atoms with Crippen molar-refractivity contribution in [1.82, 2.24) is 4.98 Å². The second-order valence-corrected chi connectivity index (χ2v) is 4.87. The molecule has 0 bridgehead atoms. The van der Waals surface area contributed by atoms with Crippen molar-refractivity contribution in [2.45, 2.75) is 32.7 Å². The number of hydrogen-bond acceptors (Lipinski definition) is 3. The lowest BCUT2D eigenvalue weighted by molar-refractivity contribution is -0.117. The Morgan fingerprint density at radius 3 is 2.75 bits per heavy atom. The SMILES string of the molecule is Cc1ccnc(Cl)c1NC(=O)CC(C)(C)N. The molecule has 0 saturated carbocycles. The van der Waals surface area contributed by atoms with Gasteiger partial charge in [-0.05, 0) is 32.4 Å². The van der Waals surface area contributed by atoms with Crippen LogP contribution in [0.5, 0.6) is 0 Å². The van der Waals surface area contributed by atoms with Gasteiger partial charge in [0.15, 0.2) is 5.15 Å². The number of aromatic nitrogens is 1. The van der Waals surface area contributed by atoms with Crippen molar-refractivity contribution >= 4 is 23.2 Å². The molecule has 0 aliphatic heterocycles. The lowest BCUT2D eigenvalue weighted by Gasteiger charge is -2.18. The molecule has 0 spiro atoms. The van der Waals surface area contributed by atoms with Crippen molar-refractivity contribution in [3.05, 3.63) is 23.0 Å². The van der Waals surface area contributed by atoms with Crippen molar-refractivity contribution in [2.75, 3.05) is 5.32 Å². The third-order valence-corrected chi connectivity index (χ3v) is 2.28. The number of rotatable bonds is 3.